The number of carbonyl (C=O) groups excluding carboxylic acids is 2. The Hall–Kier alpha value is -2.10. The maximum absolute atomic E-state index is 11.8. The number of allylic oxidation sites excluding steroid dienone is 1. The summed E-state index contributed by atoms with van der Waals surface area (Å²) in [6.07, 6.45) is 5.23. The summed E-state index contributed by atoms with van der Waals surface area (Å²) in [4.78, 5) is 25.2. The summed E-state index contributed by atoms with van der Waals surface area (Å²) in [5.74, 6) is -0.285. The Bertz CT molecular complexity index is 534. The van der Waals surface area contributed by atoms with Gasteiger partial charge in [-0.1, -0.05) is 12.2 Å². The van der Waals surface area contributed by atoms with Gasteiger partial charge in [-0.05, 0) is 37.1 Å². The number of anilines is 1. The van der Waals surface area contributed by atoms with Gasteiger partial charge in [-0.2, -0.15) is 0 Å². The van der Waals surface area contributed by atoms with Crippen LogP contribution in [0.2, 0.25) is 0 Å². The number of carbonyl (C=O) groups is 2. The van der Waals surface area contributed by atoms with Crippen LogP contribution in [-0.2, 0) is 9.53 Å². The van der Waals surface area contributed by atoms with E-state index >= 15 is 0 Å². The molecule has 0 atom stereocenters. The first kappa shape index (κ1) is 13.3. The van der Waals surface area contributed by atoms with Crippen molar-refractivity contribution in [3.8, 4) is 0 Å². The van der Waals surface area contributed by atoms with Crippen LogP contribution in [0.25, 0.3) is 6.08 Å². The van der Waals surface area contributed by atoms with Gasteiger partial charge in [0.1, 0.15) is 0 Å². The Labute approximate surface area is 112 Å². The van der Waals surface area contributed by atoms with Crippen molar-refractivity contribution in [2.24, 2.45) is 0 Å². The first-order chi connectivity index (χ1) is 9.15. The number of rotatable bonds is 3. The number of nitrogens with zero attached hydrogens (tertiary/aromatic N) is 1. The molecule has 1 aromatic rings. The number of hydrogen-bond donors (Lipinski definition) is 0. The van der Waals surface area contributed by atoms with Crippen molar-refractivity contribution in [3.63, 3.8) is 0 Å². The Kier molecular flexibility index (Phi) is 4.00. The van der Waals surface area contributed by atoms with E-state index in [1.165, 1.54) is 7.11 Å². The molecule has 4 heteroatoms. The summed E-state index contributed by atoms with van der Waals surface area (Å²) in [6, 6.07) is 5.38. The Morgan fingerprint density at radius 1 is 1.37 bits per heavy atom. The summed E-state index contributed by atoms with van der Waals surface area (Å²) in [5, 5.41) is 0. The molecule has 0 spiro atoms. The van der Waals surface area contributed by atoms with Crippen LogP contribution in [0.5, 0.6) is 0 Å². The largest absolute Gasteiger partial charge is 0.465 e. The van der Waals surface area contributed by atoms with Crippen molar-refractivity contribution in [3.05, 3.63) is 35.4 Å². The summed E-state index contributed by atoms with van der Waals surface area (Å²) in [5.41, 5.74) is 2.12. The zero-order valence-electron chi connectivity index (χ0n) is 11.2. The van der Waals surface area contributed by atoms with Crippen LogP contribution >= 0.6 is 0 Å². The van der Waals surface area contributed by atoms with Gasteiger partial charge in [0, 0.05) is 18.7 Å². The SMILES string of the molecule is C/C=C\c1cc(C(=O)OC)cc(N2CCCC2=O)c1. The molecule has 4 nitrogen and oxygen atoms in total. The molecule has 0 radical (unpaired) electrons. The van der Waals surface area contributed by atoms with Gasteiger partial charge >= 0.3 is 5.97 Å². The molecule has 0 aromatic heterocycles. The third-order valence-electron chi connectivity index (χ3n) is 3.11. The quantitative estimate of drug-likeness (QED) is 0.784. The summed E-state index contributed by atoms with van der Waals surface area (Å²) >= 11 is 0. The monoisotopic (exact) mass is 259 g/mol. The van der Waals surface area contributed by atoms with Crippen molar-refractivity contribution in [2.45, 2.75) is 19.8 Å². The number of ether oxygens (including phenoxy) is 1. The molecule has 100 valence electrons. The minimum absolute atomic E-state index is 0.105. The van der Waals surface area contributed by atoms with E-state index in [0.29, 0.717) is 18.5 Å². The highest BCUT2D eigenvalue weighted by atomic mass is 16.5. The highest BCUT2D eigenvalue weighted by molar-refractivity contribution is 5.98. The molecule has 1 aromatic carbocycles. The highest BCUT2D eigenvalue weighted by Crippen LogP contribution is 2.25. The molecule has 0 saturated carbocycles. The van der Waals surface area contributed by atoms with E-state index in [1.807, 2.05) is 25.1 Å². The van der Waals surface area contributed by atoms with Crippen molar-refractivity contribution in [2.75, 3.05) is 18.6 Å². The van der Waals surface area contributed by atoms with E-state index < -0.39 is 0 Å². The molecule has 1 heterocycles. The molecule has 0 aliphatic carbocycles. The lowest BCUT2D eigenvalue weighted by Crippen LogP contribution is -2.24. The third kappa shape index (κ3) is 2.84. The van der Waals surface area contributed by atoms with Crippen molar-refractivity contribution < 1.29 is 14.3 Å². The first-order valence-corrected chi connectivity index (χ1v) is 6.32. The van der Waals surface area contributed by atoms with Crippen molar-refractivity contribution in [1.29, 1.82) is 0 Å². The van der Waals surface area contributed by atoms with Crippen LogP contribution in [0.1, 0.15) is 35.7 Å². The maximum Gasteiger partial charge on any atom is 0.337 e. The number of methoxy groups -OCH3 is 1. The molecule has 1 fully saturated rings. The Morgan fingerprint density at radius 2 is 2.16 bits per heavy atom. The summed E-state index contributed by atoms with van der Waals surface area (Å²) < 4.78 is 4.75. The molecule has 0 N–H and O–H groups in total. The van der Waals surface area contributed by atoms with Crippen LogP contribution in [0.15, 0.2) is 24.3 Å². The van der Waals surface area contributed by atoms with Crippen LogP contribution in [-0.4, -0.2) is 25.5 Å². The van der Waals surface area contributed by atoms with E-state index in [1.54, 1.807) is 17.0 Å². The fourth-order valence-corrected chi connectivity index (χ4v) is 2.24. The average molecular weight is 259 g/mol. The van der Waals surface area contributed by atoms with E-state index in [2.05, 4.69) is 0 Å². The lowest BCUT2D eigenvalue weighted by atomic mass is 10.1. The second-order valence-electron chi connectivity index (χ2n) is 4.45. The minimum atomic E-state index is -0.390. The topological polar surface area (TPSA) is 46.6 Å². The van der Waals surface area contributed by atoms with Gasteiger partial charge in [0.05, 0.1) is 12.7 Å². The first-order valence-electron chi connectivity index (χ1n) is 6.32. The number of esters is 1. The van der Waals surface area contributed by atoms with Gasteiger partial charge in [-0.3, -0.25) is 4.79 Å². The molecular weight excluding hydrogens is 242 g/mol. The average Bonchev–Trinajstić information content (AvgIpc) is 2.84. The third-order valence-corrected chi connectivity index (χ3v) is 3.11. The fraction of sp³-hybridized carbons (Fsp3) is 0.333. The Balaban J connectivity index is 2.44. The van der Waals surface area contributed by atoms with Crippen LogP contribution in [0.3, 0.4) is 0 Å². The van der Waals surface area contributed by atoms with Crippen LogP contribution < -0.4 is 4.90 Å². The van der Waals surface area contributed by atoms with Gasteiger partial charge in [0.15, 0.2) is 0 Å². The zero-order chi connectivity index (χ0) is 13.8. The molecule has 1 aliphatic heterocycles. The molecule has 0 unspecified atom stereocenters. The van der Waals surface area contributed by atoms with Gasteiger partial charge in [-0.25, -0.2) is 4.79 Å². The van der Waals surface area contributed by atoms with Crippen molar-refractivity contribution in [1.82, 2.24) is 0 Å². The van der Waals surface area contributed by atoms with E-state index in [9.17, 15) is 9.59 Å². The lowest BCUT2D eigenvalue weighted by Gasteiger charge is -2.17. The van der Waals surface area contributed by atoms with E-state index in [-0.39, 0.29) is 11.9 Å². The summed E-state index contributed by atoms with van der Waals surface area (Å²) in [7, 11) is 1.35. The Morgan fingerprint density at radius 3 is 2.74 bits per heavy atom. The second kappa shape index (κ2) is 5.69. The molecule has 1 amide bonds. The number of hydrogen-bond acceptors (Lipinski definition) is 3. The normalized spacial score (nSPS) is 15.3. The molecule has 2 rings (SSSR count). The fourth-order valence-electron chi connectivity index (χ4n) is 2.24. The van der Waals surface area contributed by atoms with Gasteiger partial charge < -0.3 is 9.64 Å². The predicted octanol–water partition coefficient (Wildman–Crippen LogP) is 2.63. The highest BCUT2D eigenvalue weighted by Gasteiger charge is 2.23. The molecule has 1 aliphatic rings. The van der Waals surface area contributed by atoms with E-state index in [4.69, 9.17) is 4.74 Å². The number of benzene rings is 1. The predicted molar refractivity (Wildman–Crippen MR) is 74.1 cm³/mol. The standard InChI is InChI=1S/C15H17NO3/c1-3-5-11-8-12(15(18)19-2)10-13(9-11)16-7-4-6-14(16)17/h3,5,8-10H,4,6-7H2,1-2H3/b5-3-. The molecule has 1 saturated heterocycles. The zero-order valence-corrected chi connectivity index (χ0v) is 11.2. The number of amides is 1. The van der Waals surface area contributed by atoms with Crippen LogP contribution in [0.4, 0.5) is 5.69 Å². The molecule has 19 heavy (non-hydrogen) atoms. The second-order valence-corrected chi connectivity index (χ2v) is 4.45. The summed E-state index contributed by atoms with van der Waals surface area (Å²) in [6.45, 7) is 2.62. The maximum atomic E-state index is 11.8. The minimum Gasteiger partial charge on any atom is -0.465 e. The van der Waals surface area contributed by atoms with Crippen molar-refractivity contribution >= 4 is 23.6 Å². The lowest BCUT2D eigenvalue weighted by molar-refractivity contribution is -0.117. The van der Waals surface area contributed by atoms with Crippen LogP contribution in [0, 0.1) is 0 Å². The van der Waals surface area contributed by atoms with Gasteiger partial charge in [0.2, 0.25) is 5.91 Å². The van der Waals surface area contributed by atoms with Gasteiger partial charge in [-0.15, -0.1) is 0 Å². The van der Waals surface area contributed by atoms with E-state index in [0.717, 1.165) is 17.7 Å². The van der Waals surface area contributed by atoms with Gasteiger partial charge in [0.25, 0.3) is 0 Å². The molecular formula is C15H17NO3. The molecule has 0 bridgehead atoms. The smallest absolute Gasteiger partial charge is 0.337 e.